The van der Waals surface area contributed by atoms with Gasteiger partial charge >= 0.3 is 0 Å². The fraction of sp³-hybridized carbons (Fsp3) is 0.133. The number of aryl methyl sites for hydroxylation is 1. The van der Waals surface area contributed by atoms with E-state index in [1.165, 1.54) is 11.3 Å². The molecule has 6 nitrogen and oxygen atoms in total. The summed E-state index contributed by atoms with van der Waals surface area (Å²) in [5, 5.41) is 16.9. The highest BCUT2D eigenvalue weighted by Crippen LogP contribution is 2.27. The molecular weight excluding hydrogens is 302 g/mol. The Balaban J connectivity index is 1.74. The number of nitro groups is 1. The summed E-state index contributed by atoms with van der Waals surface area (Å²) in [5.74, 6) is 0.720. The first-order valence-corrected chi connectivity index (χ1v) is 7.48. The van der Waals surface area contributed by atoms with E-state index in [2.05, 4.69) is 10.3 Å². The lowest BCUT2D eigenvalue weighted by molar-refractivity contribution is -0.384. The van der Waals surface area contributed by atoms with Gasteiger partial charge in [0.25, 0.3) is 5.69 Å². The molecule has 0 aliphatic carbocycles. The van der Waals surface area contributed by atoms with Crippen molar-refractivity contribution in [2.45, 2.75) is 13.5 Å². The fourth-order valence-electron chi connectivity index (χ4n) is 2.03. The molecule has 0 amide bonds. The molecule has 2 heterocycles. The molecule has 0 aliphatic heterocycles. The van der Waals surface area contributed by atoms with Crippen molar-refractivity contribution < 1.29 is 9.34 Å². The highest BCUT2D eigenvalue weighted by molar-refractivity contribution is 7.13. The van der Waals surface area contributed by atoms with Crippen LogP contribution in [-0.4, -0.2) is 9.91 Å². The summed E-state index contributed by atoms with van der Waals surface area (Å²) in [7, 11) is 0. The van der Waals surface area contributed by atoms with Crippen molar-refractivity contribution in [3.05, 3.63) is 63.3 Å². The second kappa shape index (κ2) is 5.98. The van der Waals surface area contributed by atoms with Crippen LogP contribution in [0.4, 0.5) is 11.4 Å². The van der Waals surface area contributed by atoms with Crippen LogP contribution in [-0.2, 0) is 6.54 Å². The van der Waals surface area contributed by atoms with Gasteiger partial charge in [-0.15, -0.1) is 11.3 Å². The number of anilines is 1. The number of hydrogen-bond donors (Lipinski definition) is 1. The Hall–Kier alpha value is -2.67. The molecule has 7 heteroatoms. The average Bonchev–Trinajstić information content (AvgIpc) is 3.16. The molecule has 0 aliphatic rings. The second-order valence-electron chi connectivity index (χ2n) is 4.75. The Bertz CT molecular complexity index is 796. The van der Waals surface area contributed by atoms with E-state index in [0.29, 0.717) is 12.2 Å². The van der Waals surface area contributed by atoms with Gasteiger partial charge in [0.05, 0.1) is 23.4 Å². The molecule has 0 atom stereocenters. The van der Waals surface area contributed by atoms with E-state index in [1.54, 1.807) is 18.4 Å². The minimum Gasteiger partial charge on any atom is -0.462 e. The first kappa shape index (κ1) is 14.3. The molecule has 22 heavy (non-hydrogen) atoms. The van der Waals surface area contributed by atoms with Crippen molar-refractivity contribution in [2.24, 2.45) is 0 Å². The standard InChI is InChI=1S/C15H13N3O3S/c1-10-4-5-12(13(7-10)18(19)20)16-8-11-9-22-15(17-11)14-3-2-6-21-14/h2-7,9,16H,8H2,1H3. The van der Waals surface area contributed by atoms with E-state index >= 15 is 0 Å². The van der Waals surface area contributed by atoms with Crippen molar-refractivity contribution in [2.75, 3.05) is 5.32 Å². The Morgan fingerprint density at radius 1 is 1.41 bits per heavy atom. The number of nitrogens with zero attached hydrogens (tertiary/aromatic N) is 2. The summed E-state index contributed by atoms with van der Waals surface area (Å²) in [4.78, 5) is 15.2. The molecule has 112 valence electrons. The van der Waals surface area contributed by atoms with Gasteiger partial charge in [0.1, 0.15) is 5.69 Å². The Kier molecular flexibility index (Phi) is 3.88. The summed E-state index contributed by atoms with van der Waals surface area (Å²) >= 11 is 1.48. The Morgan fingerprint density at radius 3 is 3.00 bits per heavy atom. The Morgan fingerprint density at radius 2 is 2.27 bits per heavy atom. The smallest absolute Gasteiger partial charge is 0.292 e. The molecule has 0 radical (unpaired) electrons. The summed E-state index contributed by atoms with van der Waals surface area (Å²) in [6, 6.07) is 8.76. The van der Waals surface area contributed by atoms with Gasteiger partial charge in [-0.1, -0.05) is 6.07 Å². The number of rotatable bonds is 5. The normalized spacial score (nSPS) is 10.6. The molecule has 0 saturated carbocycles. The summed E-state index contributed by atoms with van der Waals surface area (Å²) in [5.41, 5.74) is 2.22. The van der Waals surface area contributed by atoms with Gasteiger partial charge in [-0.05, 0) is 30.7 Å². The van der Waals surface area contributed by atoms with Crippen LogP contribution in [0.25, 0.3) is 10.8 Å². The lowest BCUT2D eigenvalue weighted by atomic mass is 10.2. The van der Waals surface area contributed by atoms with Crippen LogP contribution < -0.4 is 5.32 Å². The van der Waals surface area contributed by atoms with Gasteiger partial charge < -0.3 is 9.73 Å². The molecule has 3 rings (SSSR count). The zero-order valence-corrected chi connectivity index (χ0v) is 12.6. The second-order valence-corrected chi connectivity index (χ2v) is 5.61. The SMILES string of the molecule is Cc1ccc(NCc2csc(-c3ccco3)n2)c([N+](=O)[O-])c1. The molecule has 0 bridgehead atoms. The van der Waals surface area contributed by atoms with E-state index in [9.17, 15) is 10.1 Å². The molecular formula is C15H13N3O3S. The lowest BCUT2D eigenvalue weighted by Gasteiger charge is -2.06. The van der Waals surface area contributed by atoms with Crippen LogP contribution in [0.15, 0.2) is 46.4 Å². The minimum atomic E-state index is -0.384. The van der Waals surface area contributed by atoms with Crippen molar-refractivity contribution in [3.8, 4) is 10.8 Å². The third-order valence-electron chi connectivity index (χ3n) is 3.09. The summed E-state index contributed by atoms with van der Waals surface area (Å²) in [6.07, 6.45) is 1.60. The molecule has 3 aromatic rings. The van der Waals surface area contributed by atoms with Gasteiger partial charge in [0, 0.05) is 11.4 Å². The van der Waals surface area contributed by atoms with Crippen molar-refractivity contribution in [3.63, 3.8) is 0 Å². The first-order chi connectivity index (χ1) is 10.6. The third-order valence-corrected chi connectivity index (χ3v) is 4.00. The van der Waals surface area contributed by atoms with Crippen LogP contribution in [0.2, 0.25) is 0 Å². The maximum absolute atomic E-state index is 11.1. The van der Waals surface area contributed by atoms with Gasteiger partial charge in [-0.2, -0.15) is 0 Å². The first-order valence-electron chi connectivity index (χ1n) is 6.60. The average molecular weight is 315 g/mol. The summed E-state index contributed by atoms with van der Waals surface area (Å²) in [6.45, 7) is 2.24. The highest BCUT2D eigenvalue weighted by Gasteiger charge is 2.14. The largest absolute Gasteiger partial charge is 0.462 e. The monoisotopic (exact) mass is 315 g/mol. The number of furan rings is 1. The van der Waals surface area contributed by atoms with Gasteiger partial charge in [0.2, 0.25) is 0 Å². The van der Waals surface area contributed by atoms with Crippen LogP contribution in [0.1, 0.15) is 11.3 Å². The van der Waals surface area contributed by atoms with E-state index in [0.717, 1.165) is 22.0 Å². The minimum absolute atomic E-state index is 0.0708. The number of nitro benzene ring substituents is 1. The molecule has 1 aromatic carbocycles. The maximum atomic E-state index is 11.1. The number of benzene rings is 1. The van der Waals surface area contributed by atoms with Crippen LogP contribution in [0.5, 0.6) is 0 Å². The molecule has 0 unspecified atom stereocenters. The molecule has 1 N–H and O–H groups in total. The van der Waals surface area contributed by atoms with Crippen LogP contribution in [0, 0.1) is 17.0 Å². The van der Waals surface area contributed by atoms with Crippen molar-refractivity contribution in [1.82, 2.24) is 4.98 Å². The number of nitrogens with one attached hydrogen (secondary N) is 1. The molecule has 0 spiro atoms. The summed E-state index contributed by atoms with van der Waals surface area (Å²) < 4.78 is 5.30. The third kappa shape index (κ3) is 2.99. The zero-order chi connectivity index (χ0) is 15.5. The predicted octanol–water partition coefficient (Wildman–Crippen LogP) is 4.23. The van der Waals surface area contributed by atoms with Gasteiger partial charge in [-0.25, -0.2) is 4.98 Å². The van der Waals surface area contributed by atoms with E-state index in [1.807, 2.05) is 30.5 Å². The number of aromatic nitrogens is 1. The molecule has 0 saturated heterocycles. The molecule has 0 fully saturated rings. The van der Waals surface area contributed by atoms with E-state index in [-0.39, 0.29) is 10.6 Å². The maximum Gasteiger partial charge on any atom is 0.292 e. The predicted molar refractivity (Wildman–Crippen MR) is 85.0 cm³/mol. The topological polar surface area (TPSA) is 81.2 Å². The Labute approximate surface area is 130 Å². The van der Waals surface area contributed by atoms with Crippen LogP contribution in [0.3, 0.4) is 0 Å². The zero-order valence-electron chi connectivity index (χ0n) is 11.8. The quantitative estimate of drug-likeness (QED) is 0.563. The van der Waals surface area contributed by atoms with E-state index in [4.69, 9.17) is 4.42 Å². The van der Waals surface area contributed by atoms with Crippen molar-refractivity contribution in [1.29, 1.82) is 0 Å². The van der Waals surface area contributed by atoms with Gasteiger partial charge in [-0.3, -0.25) is 10.1 Å². The lowest BCUT2D eigenvalue weighted by Crippen LogP contribution is -2.03. The molecule has 2 aromatic heterocycles. The van der Waals surface area contributed by atoms with E-state index < -0.39 is 0 Å². The van der Waals surface area contributed by atoms with Gasteiger partial charge in [0.15, 0.2) is 10.8 Å². The van der Waals surface area contributed by atoms with Crippen LogP contribution >= 0.6 is 11.3 Å². The number of thiazole rings is 1. The number of hydrogen-bond acceptors (Lipinski definition) is 6. The fourth-order valence-corrected chi connectivity index (χ4v) is 2.82. The highest BCUT2D eigenvalue weighted by atomic mass is 32.1. The van der Waals surface area contributed by atoms with Crippen molar-refractivity contribution >= 4 is 22.7 Å².